The van der Waals surface area contributed by atoms with Gasteiger partial charge in [0, 0.05) is 6.42 Å². The van der Waals surface area contributed by atoms with Gasteiger partial charge in [-0.3, -0.25) is 4.79 Å². The van der Waals surface area contributed by atoms with Crippen LogP contribution in [0.15, 0.2) is 48.5 Å². The number of hydrogen-bond acceptors (Lipinski definition) is 3. The average Bonchev–Trinajstić information content (AvgIpc) is 2.81. The Hall–Kier alpha value is -3.60. The van der Waals surface area contributed by atoms with Crippen LogP contribution in [0.1, 0.15) is 61.9 Å². The molecule has 3 aromatic carbocycles. The highest BCUT2D eigenvalue weighted by Gasteiger charge is 2.16. The van der Waals surface area contributed by atoms with Crippen molar-refractivity contribution in [2.45, 2.75) is 67.2 Å². The van der Waals surface area contributed by atoms with Gasteiger partial charge in [-0.05, 0) is 107 Å². The first-order chi connectivity index (χ1) is 17.9. The van der Waals surface area contributed by atoms with Gasteiger partial charge < -0.3 is 14.9 Å². The van der Waals surface area contributed by atoms with E-state index in [1.165, 1.54) is 27.8 Å². The van der Waals surface area contributed by atoms with Crippen LogP contribution < -0.4 is 4.74 Å². The number of carboxylic acids is 2. The van der Waals surface area contributed by atoms with Crippen molar-refractivity contribution < 1.29 is 24.5 Å². The number of ether oxygens (including phenoxy) is 1. The SMILES string of the molecule is Cc1cc(-c2ccc(CCC(=O)O)cc2CC(C)C)cc(C)c1-c1ccc(OCC(=O)O)c(CC(C)C)c1. The van der Waals surface area contributed by atoms with Crippen molar-refractivity contribution in [3.63, 3.8) is 0 Å². The zero-order valence-corrected chi connectivity index (χ0v) is 23.4. The lowest BCUT2D eigenvalue weighted by molar-refractivity contribution is -0.139. The lowest BCUT2D eigenvalue weighted by atomic mass is 9.86. The smallest absolute Gasteiger partial charge is 0.341 e. The molecule has 0 atom stereocenters. The number of hydrogen-bond donors (Lipinski definition) is 2. The number of benzene rings is 3. The Kier molecular flexibility index (Phi) is 9.73. The minimum Gasteiger partial charge on any atom is -0.482 e. The molecule has 0 radical (unpaired) electrons. The van der Waals surface area contributed by atoms with Gasteiger partial charge in [-0.2, -0.15) is 0 Å². The van der Waals surface area contributed by atoms with E-state index in [4.69, 9.17) is 14.9 Å². The van der Waals surface area contributed by atoms with E-state index < -0.39 is 11.9 Å². The zero-order chi connectivity index (χ0) is 28.0. The molecular weight excluding hydrogens is 476 g/mol. The molecule has 3 aromatic rings. The second-order valence-corrected chi connectivity index (χ2v) is 11.1. The highest BCUT2D eigenvalue weighted by Crippen LogP contribution is 2.36. The third kappa shape index (κ3) is 7.70. The zero-order valence-electron chi connectivity index (χ0n) is 23.4. The fraction of sp³-hybridized carbons (Fsp3) is 0.394. The predicted octanol–water partition coefficient (Wildman–Crippen LogP) is 7.52. The van der Waals surface area contributed by atoms with E-state index >= 15 is 0 Å². The van der Waals surface area contributed by atoms with Gasteiger partial charge in [0.25, 0.3) is 0 Å². The molecule has 0 spiro atoms. The summed E-state index contributed by atoms with van der Waals surface area (Å²) in [5.41, 5.74) is 10.3. The molecule has 5 nitrogen and oxygen atoms in total. The predicted molar refractivity (Wildman–Crippen MR) is 153 cm³/mol. The topological polar surface area (TPSA) is 83.8 Å². The van der Waals surface area contributed by atoms with E-state index in [1.807, 2.05) is 12.1 Å². The lowest BCUT2D eigenvalue weighted by Gasteiger charge is -2.19. The molecular formula is C33H40O5. The monoisotopic (exact) mass is 516 g/mol. The van der Waals surface area contributed by atoms with E-state index in [0.717, 1.165) is 35.1 Å². The summed E-state index contributed by atoms with van der Waals surface area (Å²) >= 11 is 0. The Morgan fingerprint density at radius 2 is 1.39 bits per heavy atom. The molecule has 202 valence electrons. The first kappa shape index (κ1) is 29.0. The van der Waals surface area contributed by atoms with Gasteiger partial charge in [-0.1, -0.05) is 64.1 Å². The molecule has 0 bridgehead atoms. The van der Waals surface area contributed by atoms with Gasteiger partial charge in [0.05, 0.1) is 0 Å². The summed E-state index contributed by atoms with van der Waals surface area (Å²) in [4.78, 5) is 22.1. The standard InChI is InChI=1S/C33H40O5/c1-20(2)13-26-17-24(8-12-31(34)35)7-10-29(26)27-15-22(5)33(23(6)16-27)25-9-11-30(38-19-32(36)37)28(18-25)14-21(3)4/h7,9-11,15-18,20-21H,8,12-14,19H2,1-6H3,(H,34,35)(H,36,37). The molecule has 38 heavy (non-hydrogen) atoms. The van der Waals surface area contributed by atoms with Gasteiger partial charge in [0.2, 0.25) is 0 Å². The molecule has 0 fully saturated rings. The third-order valence-electron chi connectivity index (χ3n) is 6.60. The second-order valence-electron chi connectivity index (χ2n) is 11.1. The quantitative estimate of drug-likeness (QED) is 0.260. The normalized spacial score (nSPS) is 11.3. The minimum atomic E-state index is -0.987. The van der Waals surface area contributed by atoms with Crippen LogP contribution in [0.5, 0.6) is 5.75 Å². The van der Waals surface area contributed by atoms with Crippen molar-refractivity contribution in [3.8, 4) is 28.0 Å². The van der Waals surface area contributed by atoms with Crippen LogP contribution in [0.25, 0.3) is 22.3 Å². The van der Waals surface area contributed by atoms with Crippen molar-refractivity contribution in [2.24, 2.45) is 11.8 Å². The van der Waals surface area contributed by atoms with Crippen molar-refractivity contribution in [1.29, 1.82) is 0 Å². The van der Waals surface area contributed by atoms with E-state index in [-0.39, 0.29) is 13.0 Å². The number of carboxylic acid groups (broad SMARTS) is 2. The van der Waals surface area contributed by atoms with Gasteiger partial charge in [0.15, 0.2) is 6.61 Å². The largest absolute Gasteiger partial charge is 0.482 e. The summed E-state index contributed by atoms with van der Waals surface area (Å²) in [6.07, 6.45) is 2.38. The van der Waals surface area contributed by atoms with Crippen molar-refractivity contribution in [2.75, 3.05) is 6.61 Å². The maximum Gasteiger partial charge on any atom is 0.341 e. The molecule has 0 aliphatic carbocycles. The summed E-state index contributed by atoms with van der Waals surface area (Å²) in [7, 11) is 0. The summed E-state index contributed by atoms with van der Waals surface area (Å²) in [5, 5.41) is 18.2. The van der Waals surface area contributed by atoms with E-state index in [9.17, 15) is 9.59 Å². The Morgan fingerprint density at radius 3 is 1.97 bits per heavy atom. The second kappa shape index (κ2) is 12.8. The maximum atomic E-state index is 11.1. The van der Waals surface area contributed by atoms with E-state index in [1.54, 1.807) is 0 Å². The first-order valence-corrected chi connectivity index (χ1v) is 13.4. The molecule has 0 saturated carbocycles. The molecule has 0 saturated heterocycles. The van der Waals surface area contributed by atoms with Gasteiger partial charge in [-0.15, -0.1) is 0 Å². The van der Waals surface area contributed by atoms with Crippen LogP contribution >= 0.6 is 0 Å². The number of aliphatic carboxylic acids is 2. The van der Waals surface area contributed by atoms with Crippen LogP contribution in [0.4, 0.5) is 0 Å². The van der Waals surface area contributed by atoms with Crippen LogP contribution in [0.2, 0.25) is 0 Å². The van der Waals surface area contributed by atoms with Crippen LogP contribution in [0, 0.1) is 25.7 Å². The highest BCUT2D eigenvalue weighted by molar-refractivity contribution is 5.79. The van der Waals surface area contributed by atoms with Crippen molar-refractivity contribution in [1.82, 2.24) is 0 Å². The Labute approximate surface area is 226 Å². The minimum absolute atomic E-state index is 0.131. The molecule has 0 aliphatic rings. The lowest BCUT2D eigenvalue weighted by Crippen LogP contribution is -2.11. The average molecular weight is 517 g/mol. The molecule has 3 rings (SSSR count). The Bertz CT molecular complexity index is 1280. The molecule has 5 heteroatoms. The van der Waals surface area contributed by atoms with Crippen molar-refractivity contribution in [3.05, 3.63) is 76.3 Å². The summed E-state index contributed by atoms with van der Waals surface area (Å²) in [5.74, 6) is -0.262. The number of rotatable bonds is 12. The fourth-order valence-electron chi connectivity index (χ4n) is 5.13. The summed E-state index contributed by atoms with van der Waals surface area (Å²) < 4.78 is 5.58. The first-order valence-electron chi connectivity index (χ1n) is 13.4. The van der Waals surface area contributed by atoms with E-state index in [2.05, 4.69) is 77.9 Å². The third-order valence-corrected chi connectivity index (χ3v) is 6.60. The molecule has 0 aliphatic heterocycles. The van der Waals surface area contributed by atoms with Crippen LogP contribution in [0.3, 0.4) is 0 Å². The van der Waals surface area contributed by atoms with Gasteiger partial charge in [0.1, 0.15) is 5.75 Å². The molecule has 2 N–H and O–H groups in total. The van der Waals surface area contributed by atoms with E-state index in [0.29, 0.717) is 24.0 Å². The molecule has 0 aromatic heterocycles. The Balaban J connectivity index is 2.03. The highest BCUT2D eigenvalue weighted by atomic mass is 16.5. The molecule has 0 heterocycles. The van der Waals surface area contributed by atoms with Gasteiger partial charge in [-0.25, -0.2) is 4.79 Å². The summed E-state index contributed by atoms with van der Waals surface area (Å²) in [6.45, 7) is 12.6. The van der Waals surface area contributed by atoms with Crippen LogP contribution in [-0.4, -0.2) is 28.8 Å². The fourth-order valence-corrected chi connectivity index (χ4v) is 5.13. The number of aryl methyl sites for hydroxylation is 3. The number of carbonyl (C=O) groups is 2. The molecule has 0 amide bonds. The van der Waals surface area contributed by atoms with Crippen LogP contribution in [-0.2, 0) is 28.9 Å². The van der Waals surface area contributed by atoms with Gasteiger partial charge >= 0.3 is 11.9 Å². The summed E-state index contributed by atoms with van der Waals surface area (Å²) in [6, 6.07) is 16.9. The maximum absolute atomic E-state index is 11.1. The van der Waals surface area contributed by atoms with Crippen molar-refractivity contribution >= 4 is 11.9 Å². The molecule has 0 unspecified atom stereocenters. The Morgan fingerprint density at radius 1 is 0.763 bits per heavy atom.